The molecular weight excluding hydrogens is 352 g/mol. The van der Waals surface area contributed by atoms with Gasteiger partial charge >= 0.3 is 0 Å². The summed E-state index contributed by atoms with van der Waals surface area (Å²) < 4.78 is 0. The van der Waals surface area contributed by atoms with E-state index in [1.54, 1.807) is 24.3 Å². The van der Waals surface area contributed by atoms with E-state index in [1.807, 2.05) is 11.9 Å². The van der Waals surface area contributed by atoms with Crippen LogP contribution in [0.5, 0.6) is 0 Å². The maximum atomic E-state index is 12.9. The molecule has 1 heterocycles. The predicted molar refractivity (Wildman–Crippen MR) is 106 cm³/mol. The molecule has 4 aliphatic rings. The van der Waals surface area contributed by atoms with Gasteiger partial charge in [-0.2, -0.15) is 0 Å². The molecule has 5 rings (SSSR count). The topological polar surface area (TPSA) is 57.7 Å². The molecule has 3 fully saturated rings. The minimum absolute atomic E-state index is 0.0108. The van der Waals surface area contributed by atoms with E-state index < -0.39 is 0 Å². The van der Waals surface area contributed by atoms with Crippen LogP contribution in [0.25, 0.3) is 0 Å². The summed E-state index contributed by atoms with van der Waals surface area (Å²) in [5, 5.41) is 0. The van der Waals surface area contributed by atoms with E-state index in [0.29, 0.717) is 17.3 Å². The Morgan fingerprint density at radius 3 is 2.07 bits per heavy atom. The highest BCUT2D eigenvalue weighted by atomic mass is 16.2. The van der Waals surface area contributed by atoms with Gasteiger partial charge in [0.05, 0.1) is 17.5 Å². The molecule has 146 valence electrons. The number of nitrogens with zero attached hydrogens (tertiary/aromatic N) is 2. The van der Waals surface area contributed by atoms with Crippen LogP contribution in [0.1, 0.15) is 48.9 Å². The molecule has 1 aliphatic heterocycles. The van der Waals surface area contributed by atoms with Gasteiger partial charge < -0.3 is 4.90 Å². The van der Waals surface area contributed by atoms with Crippen LogP contribution in [0.3, 0.4) is 0 Å². The summed E-state index contributed by atoms with van der Waals surface area (Å²) in [5.74, 6) is -0.113. The largest absolute Gasteiger partial charge is 0.339 e. The second-order valence-electron chi connectivity index (χ2n) is 8.77. The normalized spacial score (nSPS) is 31.5. The van der Waals surface area contributed by atoms with Crippen LogP contribution < -0.4 is 4.90 Å². The summed E-state index contributed by atoms with van der Waals surface area (Å²) in [6, 6.07) is 7.30. The molecule has 0 radical (unpaired) electrons. The maximum absolute atomic E-state index is 12.9. The molecule has 2 saturated carbocycles. The van der Waals surface area contributed by atoms with Crippen molar-refractivity contribution in [3.05, 3.63) is 42.0 Å². The van der Waals surface area contributed by atoms with Crippen molar-refractivity contribution in [1.82, 2.24) is 4.90 Å². The van der Waals surface area contributed by atoms with Crippen LogP contribution in [0.15, 0.2) is 36.4 Å². The SMILES string of the molecule is CN(C(=O)c1ccc(N2C(=O)C3C4C=CC(C4)C3C2=O)cc1)C1CCCCC1. The first kappa shape index (κ1) is 17.7. The highest BCUT2D eigenvalue weighted by molar-refractivity contribution is 6.22. The Morgan fingerprint density at radius 2 is 1.50 bits per heavy atom. The molecule has 5 nitrogen and oxygen atoms in total. The predicted octanol–water partition coefficient (Wildman–Crippen LogP) is 3.40. The number of amides is 3. The fourth-order valence-corrected chi connectivity index (χ4v) is 5.75. The number of benzene rings is 1. The molecule has 1 aromatic rings. The Morgan fingerprint density at radius 1 is 0.929 bits per heavy atom. The molecule has 5 heteroatoms. The minimum Gasteiger partial charge on any atom is -0.339 e. The van der Waals surface area contributed by atoms with Crippen LogP contribution >= 0.6 is 0 Å². The average Bonchev–Trinajstić information content (AvgIpc) is 3.41. The molecule has 2 bridgehead atoms. The number of imide groups is 1. The van der Waals surface area contributed by atoms with Gasteiger partial charge in [0.1, 0.15) is 0 Å². The third-order valence-corrected chi connectivity index (χ3v) is 7.29. The Hall–Kier alpha value is -2.43. The average molecular weight is 378 g/mol. The van der Waals surface area contributed by atoms with E-state index in [9.17, 15) is 14.4 Å². The van der Waals surface area contributed by atoms with Crippen molar-refractivity contribution in [2.45, 2.75) is 44.6 Å². The summed E-state index contributed by atoms with van der Waals surface area (Å²) in [6.45, 7) is 0. The number of carbonyl (C=O) groups excluding carboxylic acids is 3. The summed E-state index contributed by atoms with van der Waals surface area (Å²) in [4.78, 5) is 41.9. The van der Waals surface area contributed by atoms with Gasteiger partial charge in [-0.05, 0) is 55.4 Å². The Kier molecular flexibility index (Phi) is 4.14. The summed E-state index contributed by atoms with van der Waals surface area (Å²) in [6.07, 6.45) is 10.9. The number of allylic oxidation sites excluding steroid dienone is 2. The number of fused-ring (bicyclic) bond motifs is 5. The Labute approximate surface area is 165 Å². The van der Waals surface area contributed by atoms with Crippen LogP contribution in [-0.2, 0) is 9.59 Å². The van der Waals surface area contributed by atoms with Gasteiger partial charge in [0.25, 0.3) is 5.91 Å². The number of hydrogen-bond donors (Lipinski definition) is 0. The van der Waals surface area contributed by atoms with E-state index in [2.05, 4.69) is 12.2 Å². The zero-order valence-electron chi connectivity index (χ0n) is 16.2. The Balaban J connectivity index is 1.34. The second kappa shape index (κ2) is 6.57. The first-order valence-corrected chi connectivity index (χ1v) is 10.5. The summed E-state index contributed by atoms with van der Waals surface area (Å²) in [7, 11) is 1.88. The molecular formula is C23H26N2O3. The van der Waals surface area contributed by atoms with Gasteiger partial charge in [0.15, 0.2) is 0 Å². The van der Waals surface area contributed by atoms with Crippen molar-refractivity contribution in [2.75, 3.05) is 11.9 Å². The lowest BCUT2D eigenvalue weighted by atomic mass is 9.85. The lowest BCUT2D eigenvalue weighted by Crippen LogP contribution is -2.38. The third kappa shape index (κ3) is 2.55. The van der Waals surface area contributed by atoms with Gasteiger partial charge in [0.2, 0.25) is 11.8 Å². The van der Waals surface area contributed by atoms with E-state index in [0.717, 1.165) is 19.3 Å². The maximum Gasteiger partial charge on any atom is 0.253 e. The molecule has 0 aromatic heterocycles. The van der Waals surface area contributed by atoms with Crippen molar-refractivity contribution >= 4 is 23.4 Å². The second-order valence-corrected chi connectivity index (χ2v) is 8.77. The number of rotatable bonds is 3. The van der Waals surface area contributed by atoms with Gasteiger partial charge in [-0.15, -0.1) is 0 Å². The molecule has 1 aromatic carbocycles. The van der Waals surface area contributed by atoms with E-state index >= 15 is 0 Å². The zero-order chi connectivity index (χ0) is 19.4. The van der Waals surface area contributed by atoms with Crippen LogP contribution in [0.2, 0.25) is 0 Å². The molecule has 4 atom stereocenters. The number of hydrogen-bond acceptors (Lipinski definition) is 3. The highest BCUT2D eigenvalue weighted by Gasteiger charge is 2.59. The van der Waals surface area contributed by atoms with Crippen molar-refractivity contribution in [2.24, 2.45) is 23.7 Å². The van der Waals surface area contributed by atoms with Crippen molar-refractivity contribution < 1.29 is 14.4 Å². The van der Waals surface area contributed by atoms with Gasteiger partial charge in [-0.25, -0.2) is 0 Å². The third-order valence-electron chi connectivity index (χ3n) is 7.29. The lowest BCUT2D eigenvalue weighted by molar-refractivity contribution is -0.123. The monoisotopic (exact) mass is 378 g/mol. The minimum atomic E-state index is -0.193. The number of anilines is 1. The molecule has 4 unspecified atom stereocenters. The quantitative estimate of drug-likeness (QED) is 0.598. The van der Waals surface area contributed by atoms with E-state index in [4.69, 9.17) is 0 Å². The van der Waals surface area contributed by atoms with Crippen LogP contribution in [0, 0.1) is 23.7 Å². The Bertz CT molecular complexity index is 823. The molecule has 0 N–H and O–H groups in total. The van der Waals surface area contributed by atoms with Crippen molar-refractivity contribution in [3.8, 4) is 0 Å². The molecule has 0 spiro atoms. The van der Waals surface area contributed by atoms with Crippen molar-refractivity contribution in [3.63, 3.8) is 0 Å². The van der Waals surface area contributed by atoms with Crippen LogP contribution in [0.4, 0.5) is 5.69 Å². The first-order valence-electron chi connectivity index (χ1n) is 10.5. The van der Waals surface area contributed by atoms with Crippen LogP contribution in [-0.4, -0.2) is 35.7 Å². The van der Waals surface area contributed by atoms with Gasteiger partial charge in [0, 0.05) is 18.7 Å². The fraction of sp³-hybridized carbons (Fsp3) is 0.522. The number of carbonyl (C=O) groups is 3. The molecule has 3 amide bonds. The summed E-state index contributed by atoms with van der Waals surface area (Å²) in [5.41, 5.74) is 1.19. The standard InChI is InChI=1S/C23H26N2O3/c1-24(17-5-3-2-4-6-17)21(26)14-9-11-18(12-10-14)25-22(27)19-15-7-8-16(13-15)20(19)23(25)28/h7-12,15-17,19-20H,2-6,13H2,1H3. The smallest absolute Gasteiger partial charge is 0.253 e. The fourth-order valence-electron chi connectivity index (χ4n) is 5.75. The van der Waals surface area contributed by atoms with Gasteiger partial charge in [-0.1, -0.05) is 31.4 Å². The highest BCUT2D eigenvalue weighted by Crippen LogP contribution is 2.53. The van der Waals surface area contributed by atoms with E-state index in [1.165, 1.54) is 24.2 Å². The van der Waals surface area contributed by atoms with Gasteiger partial charge in [-0.3, -0.25) is 19.3 Å². The summed E-state index contributed by atoms with van der Waals surface area (Å²) >= 11 is 0. The first-order chi connectivity index (χ1) is 13.6. The molecule has 28 heavy (non-hydrogen) atoms. The molecule has 3 aliphatic carbocycles. The molecule has 1 saturated heterocycles. The van der Waals surface area contributed by atoms with E-state index in [-0.39, 0.29) is 41.4 Å². The van der Waals surface area contributed by atoms with Crippen molar-refractivity contribution in [1.29, 1.82) is 0 Å². The lowest BCUT2D eigenvalue weighted by Gasteiger charge is -2.31. The zero-order valence-corrected chi connectivity index (χ0v) is 16.2.